The molecule has 26 heavy (non-hydrogen) atoms. The lowest BCUT2D eigenvalue weighted by Crippen LogP contribution is -2.42. The van der Waals surface area contributed by atoms with E-state index >= 15 is 0 Å². The molecule has 7 heteroatoms. The molecule has 0 radical (unpaired) electrons. The molecule has 1 amide bonds. The molecule has 0 aliphatic rings. The van der Waals surface area contributed by atoms with Gasteiger partial charge in [0.05, 0.1) is 17.4 Å². The van der Waals surface area contributed by atoms with Gasteiger partial charge in [-0.3, -0.25) is 4.79 Å². The third kappa shape index (κ3) is 4.22. The zero-order chi connectivity index (χ0) is 19.6. The van der Waals surface area contributed by atoms with Gasteiger partial charge in [-0.05, 0) is 49.4 Å². The quantitative estimate of drug-likeness (QED) is 0.680. The first kappa shape index (κ1) is 19.5. The lowest BCUT2D eigenvalue weighted by Gasteiger charge is -2.17. The van der Waals surface area contributed by atoms with Gasteiger partial charge in [0.2, 0.25) is 5.91 Å². The molecule has 0 aliphatic heterocycles. The summed E-state index contributed by atoms with van der Waals surface area (Å²) in [6.07, 6.45) is -0.0360. The van der Waals surface area contributed by atoms with Crippen LogP contribution in [0.5, 0.6) is 5.75 Å². The molecule has 1 atom stereocenters. The van der Waals surface area contributed by atoms with Crippen molar-refractivity contribution >= 4 is 22.8 Å². The number of aromatic hydroxyl groups is 1. The van der Waals surface area contributed by atoms with Gasteiger partial charge in [-0.2, -0.15) is 0 Å². The number of fused-ring (bicyclic) bond motifs is 1. The first-order chi connectivity index (χ1) is 12.1. The van der Waals surface area contributed by atoms with E-state index in [9.17, 15) is 24.6 Å². The van der Waals surface area contributed by atoms with Gasteiger partial charge in [-0.15, -0.1) is 0 Å². The highest BCUT2D eigenvalue weighted by molar-refractivity contribution is 5.90. The number of carbonyl (C=O) groups excluding carboxylic acids is 1. The number of aliphatic carboxylic acids is 1. The highest BCUT2D eigenvalue weighted by Gasteiger charge is 2.23. The molecular weight excluding hydrogens is 338 g/mol. The number of benzene rings is 1. The second kappa shape index (κ2) is 7.59. The summed E-state index contributed by atoms with van der Waals surface area (Å²) < 4.78 is 5.24. The van der Waals surface area contributed by atoms with E-state index in [2.05, 4.69) is 5.32 Å². The largest absolute Gasteiger partial charge is 0.507 e. The van der Waals surface area contributed by atoms with Gasteiger partial charge in [0.15, 0.2) is 0 Å². The molecule has 1 aromatic carbocycles. The van der Waals surface area contributed by atoms with E-state index in [4.69, 9.17) is 4.42 Å². The second-order valence-corrected chi connectivity index (χ2v) is 6.91. The number of aryl methyl sites for hydroxylation is 2. The Labute approximate surface area is 150 Å². The Morgan fingerprint density at radius 2 is 1.88 bits per heavy atom. The van der Waals surface area contributed by atoms with Crippen molar-refractivity contribution in [1.29, 1.82) is 0 Å². The molecule has 140 valence electrons. The maximum absolute atomic E-state index is 12.3. The normalized spacial score (nSPS) is 12.3. The summed E-state index contributed by atoms with van der Waals surface area (Å²) in [6, 6.07) is 2.16. The SMILES string of the molecule is Cc1cc(O)c2c(C)c(CC(=O)N[C@H](CC(C)C)C(=O)O)c(=O)oc2c1. The molecular formula is C19H23NO6. The van der Waals surface area contributed by atoms with E-state index in [1.54, 1.807) is 26.0 Å². The van der Waals surface area contributed by atoms with Crippen LogP contribution in [0.25, 0.3) is 11.0 Å². The van der Waals surface area contributed by atoms with E-state index in [1.165, 1.54) is 0 Å². The minimum absolute atomic E-state index is 0.0360. The Balaban J connectivity index is 2.34. The van der Waals surface area contributed by atoms with Crippen molar-refractivity contribution in [1.82, 2.24) is 5.32 Å². The molecule has 0 aliphatic carbocycles. The van der Waals surface area contributed by atoms with Crippen molar-refractivity contribution in [3.63, 3.8) is 0 Å². The molecule has 0 saturated carbocycles. The van der Waals surface area contributed by atoms with Gasteiger partial charge >= 0.3 is 11.6 Å². The lowest BCUT2D eigenvalue weighted by atomic mass is 10.0. The van der Waals surface area contributed by atoms with E-state index in [-0.39, 0.29) is 35.7 Å². The lowest BCUT2D eigenvalue weighted by molar-refractivity contribution is -0.142. The number of carboxylic acid groups (broad SMARTS) is 1. The molecule has 0 saturated heterocycles. The van der Waals surface area contributed by atoms with Crippen LogP contribution in [-0.4, -0.2) is 28.1 Å². The van der Waals surface area contributed by atoms with Crippen molar-refractivity contribution < 1.29 is 24.2 Å². The summed E-state index contributed by atoms with van der Waals surface area (Å²) in [5.41, 5.74) is 0.853. The smallest absolute Gasteiger partial charge is 0.340 e. The second-order valence-electron chi connectivity index (χ2n) is 6.91. The fourth-order valence-corrected chi connectivity index (χ4v) is 2.96. The summed E-state index contributed by atoms with van der Waals surface area (Å²) in [6.45, 7) is 7.10. The van der Waals surface area contributed by atoms with Crippen LogP contribution >= 0.6 is 0 Å². The van der Waals surface area contributed by atoms with Gasteiger partial charge in [0.1, 0.15) is 17.4 Å². The van der Waals surface area contributed by atoms with Crippen LogP contribution in [0.1, 0.15) is 37.0 Å². The number of hydrogen-bond donors (Lipinski definition) is 3. The average molecular weight is 361 g/mol. The number of nitrogens with one attached hydrogen (secondary N) is 1. The zero-order valence-electron chi connectivity index (χ0n) is 15.3. The predicted molar refractivity (Wildman–Crippen MR) is 96.3 cm³/mol. The molecule has 1 heterocycles. The van der Waals surface area contributed by atoms with Crippen molar-refractivity contribution in [3.05, 3.63) is 39.2 Å². The predicted octanol–water partition coefficient (Wildman–Crippen LogP) is 2.27. The molecule has 2 aromatic rings. The maximum Gasteiger partial charge on any atom is 0.340 e. The molecule has 3 N–H and O–H groups in total. The maximum atomic E-state index is 12.3. The number of amides is 1. The van der Waals surface area contributed by atoms with Gasteiger partial charge in [0, 0.05) is 0 Å². The van der Waals surface area contributed by atoms with Crippen molar-refractivity contribution in [2.75, 3.05) is 0 Å². The third-order valence-corrected chi connectivity index (χ3v) is 4.18. The Kier molecular flexibility index (Phi) is 5.69. The van der Waals surface area contributed by atoms with E-state index in [1.807, 2.05) is 13.8 Å². The van der Waals surface area contributed by atoms with E-state index < -0.39 is 23.5 Å². The Morgan fingerprint density at radius 1 is 1.23 bits per heavy atom. The first-order valence-electron chi connectivity index (χ1n) is 8.38. The summed E-state index contributed by atoms with van der Waals surface area (Å²) in [5, 5.41) is 22.2. The number of phenols is 1. The highest BCUT2D eigenvalue weighted by atomic mass is 16.4. The van der Waals surface area contributed by atoms with Crippen LogP contribution in [0.3, 0.4) is 0 Å². The Morgan fingerprint density at radius 3 is 2.46 bits per heavy atom. The molecule has 0 spiro atoms. The number of rotatable bonds is 6. The molecule has 7 nitrogen and oxygen atoms in total. The fraction of sp³-hybridized carbons (Fsp3) is 0.421. The Bertz CT molecular complexity index is 912. The van der Waals surface area contributed by atoms with Gasteiger partial charge in [-0.25, -0.2) is 9.59 Å². The minimum atomic E-state index is -1.12. The molecule has 1 aromatic heterocycles. The van der Waals surface area contributed by atoms with Gasteiger partial charge in [0.25, 0.3) is 0 Å². The fourth-order valence-electron chi connectivity index (χ4n) is 2.96. The number of phenolic OH excluding ortho intramolecular Hbond substituents is 1. The van der Waals surface area contributed by atoms with Crippen LogP contribution in [-0.2, 0) is 16.0 Å². The topological polar surface area (TPSA) is 117 Å². The summed E-state index contributed by atoms with van der Waals surface area (Å²) in [4.78, 5) is 35.8. The number of hydrogen-bond acceptors (Lipinski definition) is 5. The number of carbonyl (C=O) groups is 2. The van der Waals surface area contributed by atoms with Crippen LogP contribution in [0.2, 0.25) is 0 Å². The first-order valence-corrected chi connectivity index (χ1v) is 8.38. The average Bonchev–Trinajstić information content (AvgIpc) is 2.49. The summed E-state index contributed by atoms with van der Waals surface area (Å²) >= 11 is 0. The number of carboxylic acids is 1. The van der Waals surface area contributed by atoms with Crippen molar-refractivity contribution in [2.45, 2.75) is 46.6 Å². The van der Waals surface area contributed by atoms with Crippen LogP contribution in [0.15, 0.2) is 21.3 Å². The third-order valence-electron chi connectivity index (χ3n) is 4.18. The Hall–Kier alpha value is -2.83. The van der Waals surface area contributed by atoms with Gasteiger partial charge in [-0.1, -0.05) is 13.8 Å². The van der Waals surface area contributed by atoms with Crippen LogP contribution in [0.4, 0.5) is 0 Å². The van der Waals surface area contributed by atoms with E-state index in [0.29, 0.717) is 10.9 Å². The molecule has 0 unspecified atom stereocenters. The zero-order valence-corrected chi connectivity index (χ0v) is 15.3. The van der Waals surface area contributed by atoms with Gasteiger partial charge < -0.3 is 19.9 Å². The standard InChI is InChI=1S/C19H23NO6/c1-9(2)5-13(18(23)24)20-16(22)8-12-11(4)17-14(21)6-10(3)7-15(17)26-19(12)25/h6-7,9,13,21H,5,8H2,1-4H3,(H,20,22)(H,23,24)/t13-/m1/s1. The highest BCUT2D eigenvalue weighted by Crippen LogP contribution is 2.29. The van der Waals surface area contributed by atoms with E-state index in [0.717, 1.165) is 5.56 Å². The minimum Gasteiger partial charge on any atom is -0.507 e. The summed E-state index contributed by atoms with van der Waals surface area (Å²) in [5.74, 6) is -1.66. The molecule has 0 fully saturated rings. The summed E-state index contributed by atoms with van der Waals surface area (Å²) in [7, 11) is 0. The molecule has 2 rings (SSSR count). The van der Waals surface area contributed by atoms with Crippen molar-refractivity contribution in [2.24, 2.45) is 5.92 Å². The van der Waals surface area contributed by atoms with Crippen molar-refractivity contribution in [3.8, 4) is 5.75 Å². The van der Waals surface area contributed by atoms with Crippen LogP contribution in [0, 0.1) is 19.8 Å². The molecule has 0 bridgehead atoms. The van der Waals surface area contributed by atoms with Crippen LogP contribution < -0.4 is 10.9 Å². The monoisotopic (exact) mass is 361 g/mol.